The molecule has 2 rings (SSSR count). The Morgan fingerprint density at radius 1 is 1.50 bits per heavy atom. The highest BCUT2D eigenvalue weighted by atomic mass is 35.5. The summed E-state index contributed by atoms with van der Waals surface area (Å²) in [7, 11) is 0. The average molecular weight is 206 g/mol. The smallest absolute Gasteiger partial charge is 0.0741 e. The van der Waals surface area contributed by atoms with Crippen LogP contribution < -0.4 is 0 Å². The third-order valence-corrected chi connectivity index (χ3v) is 3.20. The molecule has 1 aromatic carbocycles. The Labute approximate surface area is 89.3 Å². The van der Waals surface area contributed by atoms with Crippen LogP contribution in [-0.4, -0.2) is 0 Å². The summed E-state index contributed by atoms with van der Waals surface area (Å²) in [5, 5.41) is 9.85. The van der Waals surface area contributed by atoms with E-state index in [1.807, 2.05) is 25.1 Å². The maximum atomic E-state index is 9.07. The highest BCUT2D eigenvalue weighted by Crippen LogP contribution is 2.42. The van der Waals surface area contributed by atoms with Crippen molar-refractivity contribution in [3.8, 4) is 6.07 Å². The van der Waals surface area contributed by atoms with Crippen molar-refractivity contribution in [1.82, 2.24) is 0 Å². The topological polar surface area (TPSA) is 23.8 Å². The maximum absolute atomic E-state index is 9.07. The first-order chi connectivity index (χ1) is 6.72. The van der Waals surface area contributed by atoms with Crippen LogP contribution >= 0.6 is 11.6 Å². The highest BCUT2D eigenvalue weighted by molar-refractivity contribution is 6.31. The Morgan fingerprint density at radius 2 is 2.21 bits per heavy atom. The van der Waals surface area contributed by atoms with Gasteiger partial charge in [0, 0.05) is 5.02 Å². The number of hydrogen-bond donors (Lipinski definition) is 0. The van der Waals surface area contributed by atoms with Gasteiger partial charge in [-0.1, -0.05) is 23.7 Å². The summed E-state index contributed by atoms with van der Waals surface area (Å²) < 4.78 is 0. The van der Waals surface area contributed by atoms with E-state index in [0.29, 0.717) is 5.92 Å². The van der Waals surface area contributed by atoms with Crippen LogP contribution in [0.15, 0.2) is 18.2 Å². The molecule has 0 bridgehead atoms. The Bertz CT molecular complexity index is 388. The van der Waals surface area contributed by atoms with E-state index in [4.69, 9.17) is 16.9 Å². The summed E-state index contributed by atoms with van der Waals surface area (Å²) in [6.07, 6.45) is 2.39. The summed E-state index contributed by atoms with van der Waals surface area (Å²) in [6.45, 7) is 1.98. The zero-order chi connectivity index (χ0) is 10.1. The molecule has 2 heteroatoms. The summed E-state index contributed by atoms with van der Waals surface area (Å²) in [4.78, 5) is 0. The van der Waals surface area contributed by atoms with Gasteiger partial charge < -0.3 is 0 Å². The predicted octanol–water partition coefficient (Wildman–Crippen LogP) is 3.67. The minimum atomic E-state index is 0.0750. The molecule has 1 unspecified atom stereocenters. The van der Waals surface area contributed by atoms with Crippen LogP contribution in [0, 0.1) is 24.2 Å². The summed E-state index contributed by atoms with van der Waals surface area (Å²) in [6, 6.07) is 8.28. The van der Waals surface area contributed by atoms with Crippen molar-refractivity contribution < 1.29 is 0 Å². The molecule has 14 heavy (non-hydrogen) atoms. The molecule has 72 valence electrons. The molecule has 1 aromatic rings. The Kier molecular flexibility index (Phi) is 2.48. The molecule has 0 aliphatic heterocycles. The fraction of sp³-hybridized carbons (Fsp3) is 0.417. The summed E-state index contributed by atoms with van der Waals surface area (Å²) in [5.74, 6) is 0.659. The number of halogens is 1. The van der Waals surface area contributed by atoms with E-state index in [2.05, 4.69) is 6.07 Å². The SMILES string of the molecule is Cc1cc(C(C#N)C2CC2)ccc1Cl. The maximum Gasteiger partial charge on any atom is 0.0741 e. The third kappa shape index (κ3) is 1.76. The molecule has 1 nitrogen and oxygen atoms in total. The number of hydrogen-bond acceptors (Lipinski definition) is 1. The molecule has 0 radical (unpaired) electrons. The van der Waals surface area contributed by atoms with Crippen LogP contribution in [0.4, 0.5) is 0 Å². The molecule has 0 spiro atoms. The lowest BCUT2D eigenvalue weighted by atomic mass is 9.94. The molecular formula is C12H12ClN. The van der Waals surface area contributed by atoms with Gasteiger partial charge in [0.2, 0.25) is 0 Å². The van der Waals surface area contributed by atoms with E-state index in [0.717, 1.165) is 16.1 Å². The Hall–Kier alpha value is -1.000. The van der Waals surface area contributed by atoms with Gasteiger partial charge in [0.1, 0.15) is 0 Å². The van der Waals surface area contributed by atoms with Crippen molar-refractivity contribution >= 4 is 11.6 Å². The number of rotatable bonds is 2. The van der Waals surface area contributed by atoms with Gasteiger partial charge in [0.05, 0.1) is 12.0 Å². The van der Waals surface area contributed by atoms with Gasteiger partial charge >= 0.3 is 0 Å². The first-order valence-corrected chi connectivity index (χ1v) is 5.26. The van der Waals surface area contributed by atoms with Crippen molar-refractivity contribution in [2.45, 2.75) is 25.7 Å². The van der Waals surface area contributed by atoms with Crippen LogP contribution in [0.3, 0.4) is 0 Å². The van der Waals surface area contributed by atoms with E-state index in [-0.39, 0.29) is 5.92 Å². The molecule has 0 N–H and O–H groups in total. The second kappa shape index (κ2) is 3.63. The number of nitrogens with zero attached hydrogens (tertiary/aromatic N) is 1. The van der Waals surface area contributed by atoms with Gasteiger partial charge in [-0.3, -0.25) is 0 Å². The molecule has 1 aliphatic carbocycles. The van der Waals surface area contributed by atoms with Crippen LogP contribution in [0.5, 0.6) is 0 Å². The van der Waals surface area contributed by atoms with Crippen molar-refractivity contribution in [3.05, 3.63) is 34.3 Å². The predicted molar refractivity (Wildman–Crippen MR) is 57.3 cm³/mol. The Morgan fingerprint density at radius 3 is 2.71 bits per heavy atom. The number of benzene rings is 1. The minimum absolute atomic E-state index is 0.0750. The number of aryl methyl sites for hydroxylation is 1. The molecule has 1 fully saturated rings. The lowest BCUT2D eigenvalue weighted by Crippen LogP contribution is -1.98. The minimum Gasteiger partial charge on any atom is -0.198 e. The largest absolute Gasteiger partial charge is 0.198 e. The fourth-order valence-corrected chi connectivity index (χ4v) is 1.86. The standard InChI is InChI=1S/C12H12ClN/c1-8-6-10(4-5-12(8)13)11(7-14)9-2-3-9/h4-6,9,11H,2-3H2,1H3. The van der Waals surface area contributed by atoms with Crippen LogP contribution in [0.1, 0.15) is 29.9 Å². The highest BCUT2D eigenvalue weighted by Gasteiger charge is 2.32. The van der Waals surface area contributed by atoms with Gasteiger partial charge in [-0.05, 0) is 42.9 Å². The van der Waals surface area contributed by atoms with Crippen molar-refractivity contribution in [2.75, 3.05) is 0 Å². The zero-order valence-corrected chi connectivity index (χ0v) is 8.88. The van der Waals surface area contributed by atoms with E-state index in [9.17, 15) is 0 Å². The first-order valence-electron chi connectivity index (χ1n) is 4.88. The van der Waals surface area contributed by atoms with E-state index < -0.39 is 0 Å². The number of nitriles is 1. The molecule has 1 atom stereocenters. The van der Waals surface area contributed by atoms with Gasteiger partial charge in [-0.15, -0.1) is 0 Å². The van der Waals surface area contributed by atoms with Crippen molar-refractivity contribution in [2.24, 2.45) is 5.92 Å². The van der Waals surface area contributed by atoms with E-state index >= 15 is 0 Å². The molecule has 1 aliphatic rings. The van der Waals surface area contributed by atoms with Crippen LogP contribution in [0.2, 0.25) is 5.02 Å². The molecular weight excluding hydrogens is 194 g/mol. The second-order valence-electron chi connectivity index (χ2n) is 3.95. The second-order valence-corrected chi connectivity index (χ2v) is 4.36. The normalized spacial score (nSPS) is 17.5. The Balaban J connectivity index is 2.31. The summed E-state index contributed by atoms with van der Waals surface area (Å²) >= 11 is 5.94. The lowest BCUT2D eigenvalue weighted by Gasteiger charge is -2.09. The van der Waals surface area contributed by atoms with Gasteiger partial charge in [0.15, 0.2) is 0 Å². The van der Waals surface area contributed by atoms with Gasteiger partial charge in [0.25, 0.3) is 0 Å². The summed E-state index contributed by atoms with van der Waals surface area (Å²) in [5.41, 5.74) is 2.18. The van der Waals surface area contributed by atoms with Crippen molar-refractivity contribution in [1.29, 1.82) is 5.26 Å². The monoisotopic (exact) mass is 205 g/mol. The molecule has 0 aromatic heterocycles. The average Bonchev–Trinajstić information content (AvgIpc) is 2.96. The fourth-order valence-electron chi connectivity index (χ4n) is 1.74. The van der Waals surface area contributed by atoms with Gasteiger partial charge in [-0.25, -0.2) is 0 Å². The molecule has 1 saturated carbocycles. The van der Waals surface area contributed by atoms with Crippen molar-refractivity contribution in [3.63, 3.8) is 0 Å². The van der Waals surface area contributed by atoms with Gasteiger partial charge in [-0.2, -0.15) is 5.26 Å². The first kappa shape index (κ1) is 9.55. The molecule has 0 heterocycles. The van der Waals surface area contributed by atoms with Crippen LogP contribution in [0.25, 0.3) is 0 Å². The van der Waals surface area contributed by atoms with E-state index in [1.54, 1.807) is 0 Å². The molecule has 0 amide bonds. The third-order valence-electron chi connectivity index (χ3n) is 2.77. The molecule has 0 saturated heterocycles. The van der Waals surface area contributed by atoms with E-state index in [1.165, 1.54) is 12.8 Å². The quantitative estimate of drug-likeness (QED) is 0.723. The lowest BCUT2D eigenvalue weighted by molar-refractivity contribution is 0.739. The van der Waals surface area contributed by atoms with Crippen LogP contribution in [-0.2, 0) is 0 Å². The zero-order valence-electron chi connectivity index (χ0n) is 8.13.